The van der Waals surface area contributed by atoms with E-state index in [1.807, 2.05) is 14.1 Å². The van der Waals surface area contributed by atoms with E-state index in [4.69, 9.17) is 10.2 Å². The van der Waals surface area contributed by atoms with E-state index < -0.39 is 0 Å². The molecule has 6 nitrogen and oxygen atoms in total. The van der Waals surface area contributed by atoms with Gasteiger partial charge >= 0.3 is 0 Å². The van der Waals surface area contributed by atoms with Crippen molar-refractivity contribution in [2.45, 2.75) is 0 Å². The molecular weight excluding hydrogens is 274 g/mol. The summed E-state index contributed by atoms with van der Waals surface area (Å²) in [6, 6.07) is 1.77. The Bertz CT molecular complexity index is 510. The van der Waals surface area contributed by atoms with E-state index in [1.54, 1.807) is 17.2 Å². The van der Waals surface area contributed by atoms with E-state index in [2.05, 4.69) is 30.9 Å². The first-order chi connectivity index (χ1) is 7.58. The van der Waals surface area contributed by atoms with Gasteiger partial charge < -0.3 is 15.1 Å². The Balaban J connectivity index is 2.54. The molecular formula is C9H10BrN5O. The molecule has 0 aliphatic heterocycles. The van der Waals surface area contributed by atoms with Crippen LogP contribution in [0, 0.1) is 0 Å². The molecule has 0 fully saturated rings. The lowest BCUT2D eigenvalue weighted by Gasteiger charge is -2.10. The maximum Gasteiger partial charge on any atom is 0.230 e. The molecule has 2 heterocycles. The van der Waals surface area contributed by atoms with Crippen LogP contribution in [0.3, 0.4) is 0 Å². The van der Waals surface area contributed by atoms with Crippen molar-refractivity contribution in [2.24, 2.45) is 0 Å². The molecule has 0 unspecified atom stereocenters. The number of hydrogen-bond acceptors (Lipinski definition) is 6. The summed E-state index contributed by atoms with van der Waals surface area (Å²) in [6.45, 7) is 0. The zero-order chi connectivity index (χ0) is 11.7. The van der Waals surface area contributed by atoms with Gasteiger partial charge in [-0.25, -0.2) is 0 Å². The molecule has 0 aromatic carbocycles. The van der Waals surface area contributed by atoms with E-state index in [0.717, 1.165) is 4.47 Å². The van der Waals surface area contributed by atoms with Crippen molar-refractivity contribution in [3.8, 4) is 11.6 Å². The van der Waals surface area contributed by atoms with Crippen LogP contribution >= 0.6 is 15.9 Å². The molecule has 0 amide bonds. The average Bonchev–Trinajstić information content (AvgIpc) is 2.63. The molecule has 0 aliphatic rings. The molecule has 0 spiro atoms. The van der Waals surface area contributed by atoms with Gasteiger partial charge in [-0.3, -0.25) is 0 Å². The van der Waals surface area contributed by atoms with E-state index in [-0.39, 0.29) is 5.95 Å². The first kappa shape index (κ1) is 10.9. The molecule has 2 N–H and O–H groups in total. The molecule has 0 saturated carbocycles. The van der Waals surface area contributed by atoms with Crippen LogP contribution in [0.15, 0.2) is 21.2 Å². The normalized spacial score (nSPS) is 10.4. The Hall–Kier alpha value is -1.63. The predicted octanol–water partition coefficient (Wildman–Crippen LogP) is 1.54. The molecule has 2 aromatic heterocycles. The second-order valence-electron chi connectivity index (χ2n) is 3.31. The number of nitrogens with zero attached hydrogens (tertiary/aromatic N) is 4. The van der Waals surface area contributed by atoms with Crippen molar-refractivity contribution in [2.75, 3.05) is 24.7 Å². The zero-order valence-corrected chi connectivity index (χ0v) is 10.4. The third-order valence-corrected chi connectivity index (χ3v) is 2.49. The molecule has 0 saturated heterocycles. The summed E-state index contributed by atoms with van der Waals surface area (Å²) in [5, 5.41) is 0. The molecule has 16 heavy (non-hydrogen) atoms. The second-order valence-corrected chi connectivity index (χ2v) is 4.16. The quantitative estimate of drug-likeness (QED) is 0.901. The van der Waals surface area contributed by atoms with E-state index in [9.17, 15) is 0 Å². The molecule has 7 heteroatoms. The van der Waals surface area contributed by atoms with Crippen molar-refractivity contribution in [3.05, 3.63) is 16.8 Å². The first-order valence-corrected chi connectivity index (χ1v) is 5.29. The zero-order valence-electron chi connectivity index (χ0n) is 8.81. The van der Waals surface area contributed by atoms with Gasteiger partial charge in [-0.15, -0.1) is 0 Å². The number of hydrogen-bond donors (Lipinski definition) is 1. The molecule has 2 rings (SSSR count). The van der Waals surface area contributed by atoms with Gasteiger partial charge in [-0.2, -0.15) is 15.0 Å². The summed E-state index contributed by atoms with van der Waals surface area (Å²) in [4.78, 5) is 14.0. The molecule has 0 atom stereocenters. The van der Waals surface area contributed by atoms with E-state index in [0.29, 0.717) is 17.5 Å². The summed E-state index contributed by atoms with van der Waals surface area (Å²) in [6.07, 6.45) is 1.55. The molecule has 2 aromatic rings. The predicted molar refractivity (Wildman–Crippen MR) is 64.0 cm³/mol. The van der Waals surface area contributed by atoms with E-state index in [1.165, 1.54) is 0 Å². The topological polar surface area (TPSA) is 81.1 Å². The molecule has 84 valence electrons. The minimum Gasteiger partial charge on any atom is -0.460 e. The Morgan fingerprint density at radius 1 is 1.31 bits per heavy atom. The maximum atomic E-state index is 5.61. The van der Waals surface area contributed by atoms with Crippen LogP contribution < -0.4 is 10.6 Å². The van der Waals surface area contributed by atoms with Crippen molar-refractivity contribution >= 4 is 27.8 Å². The lowest BCUT2D eigenvalue weighted by atomic mass is 10.4. The van der Waals surface area contributed by atoms with Crippen LogP contribution in [0.5, 0.6) is 0 Å². The largest absolute Gasteiger partial charge is 0.460 e. The lowest BCUT2D eigenvalue weighted by Crippen LogP contribution is -2.15. The number of nitrogens with two attached hydrogens (primary N) is 1. The van der Waals surface area contributed by atoms with Crippen LogP contribution in [0.25, 0.3) is 11.6 Å². The van der Waals surface area contributed by atoms with Gasteiger partial charge in [0.15, 0.2) is 5.76 Å². The van der Waals surface area contributed by atoms with Crippen LogP contribution in [0.2, 0.25) is 0 Å². The number of anilines is 2. The highest BCUT2D eigenvalue weighted by Crippen LogP contribution is 2.27. The summed E-state index contributed by atoms with van der Waals surface area (Å²) in [5.74, 6) is 1.60. The van der Waals surface area contributed by atoms with Crippen LogP contribution in [0.1, 0.15) is 0 Å². The summed E-state index contributed by atoms with van der Waals surface area (Å²) < 4.78 is 6.05. The standard InChI is InChI=1S/C9H10BrN5O/c1-15(2)9-13-7(12-8(11)14-9)6-5(10)3-4-16-6/h3-4H,1-2H3,(H2,11,12,13,14). The second kappa shape index (κ2) is 4.09. The number of aromatic nitrogens is 3. The summed E-state index contributed by atoms with van der Waals surface area (Å²) >= 11 is 3.34. The van der Waals surface area contributed by atoms with Crippen molar-refractivity contribution in [3.63, 3.8) is 0 Å². The van der Waals surface area contributed by atoms with Gasteiger partial charge in [0.2, 0.25) is 17.7 Å². The van der Waals surface area contributed by atoms with Crippen molar-refractivity contribution < 1.29 is 4.42 Å². The highest BCUT2D eigenvalue weighted by atomic mass is 79.9. The number of rotatable bonds is 2. The van der Waals surface area contributed by atoms with Gasteiger partial charge in [-0.05, 0) is 22.0 Å². The Kier molecular flexibility index (Phi) is 2.78. The highest BCUT2D eigenvalue weighted by molar-refractivity contribution is 9.10. The average molecular weight is 284 g/mol. The smallest absolute Gasteiger partial charge is 0.230 e. The van der Waals surface area contributed by atoms with E-state index >= 15 is 0 Å². The monoisotopic (exact) mass is 283 g/mol. The molecule has 0 bridgehead atoms. The summed E-state index contributed by atoms with van der Waals surface area (Å²) in [5.41, 5.74) is 5.61. The van der Waals surface area contributed by atoms with Crippen LogP contribution in [-0.4, -0.2) is 29.0 Å². The number of halogens is 1. The molecule has 0 radical (unpaired) electrons. The van der Waals surface area contributed by atoms with Crippen molar-refractivity contribution in [1.29, 1.82) is 0 Å². The van der Waals surface area contributed by atoms with Crippen LogP contribution in [-0.2, 0) is 0 Å². The first-order valence-electron chi connectivity index (χ1n) is 4.50. The third kappa shape index (κ3) is 1.99. The fourth-order valence-electron chi connectivity index (χ4n) is 1.14. The number of furan rings is 1. The number of nitrogen functional groups attached to an aromatic ring is 1. The van der Waals surface area contributed by atoms with Gasteiger partial charge in [0.25, 0.3) is 0 Å². The maximum absolute atomic E-state index is 5.61. The van der Waals surface area contributed by atoms with Gasteiger partial charge in [-0.1, -0.05) is 0 Å². The van der Waals surface area contributed by atoms with Crippen molar-refractivity contribution in [1.82, 2.24) is 15.0 Å². The minimum atomic E-state index is 0.164. The highest BCUT2D eigenvalue weighted by Gasteiger charge is 2.13. The Morgan fingerprint density at radius 3 is 2.62 bits per heavy atom. The van der Waals surface area contributed by atoms with Gasteiger partial charge in [0.05, 0.1) is 10.7 Å². The Labute approximate surface area is 101 Å². The minimum absolute atomic E-state index is 0.164. The summed E-state index contributed by atoms with van der Waals surface area (Å²) in [7, 11) is 3.66. The van der Waals surface area contributed by atoms with Gasteiger partial charge in [0.1, 0.15) is 0 Å². The van der Waals surface area contributed by atoms with Crippen LogP contribution in [0.4, 0.5) is 11.9 Å². The lowest BCUT2D eigenvalue weighted by molar-refractivity contribution is 0.575. The SMILES string of the molecule is CN(C)c1nc(N)nc(-c2occc2Br)n1. The molecule has 0 aliphatic carbocycles. The Morgan fingerprint density at radius 2 is 2.06 bits per heavy atom. The third-order valence-electron chi connectivity index (χ3n) is 1.86. The fraction of sp³-hybridized carbons (Fsp3) is 0.222. The fourth-order valence-corrected chi connectivity index (χ4v) is 1.51. The van der Waals surface area contributed by atoms with Gasteiger partial charge in [0, 0.05) is 14.1 Å².